The molecule has 2 heterocycles. The van der Waals surface area contributed by atoms with E-state index in [1.54, 1.807) is 0 Å². The molecule has 0 radical (unpaired) electrons. The third kappa shape index (κ3) is 3.08. The molecular formula is C14H18ClFN2O2S. The molecule has 0 amide bonds. The van der Waals surface area contributed by atoms with Gasteiger partial charge in [0.2, 0.25) is 10.0 Å². The molecule has 7 heteroatoms. The zero-order valence-corrected chi connectivity index (χ0v) is 13.1. The second kappa shape index (κ2) is 5.83. The van der Waals surface area contributed by atoms with Gasteiger partial charge in [0.1, 0.15) is 10.7 Å². The highest BCUT2D eigenvalue weighted by molar-refractivity contribution is 7.89. The highest BCUT2D eigenvalue weighted by Gasteiger charge is 2.38. The smallest absolute Gasteiger partial charge is 0.242 e. The molecule has 1 aromatic carbocycles. The number of piperidine rings is 1. The van der Waals surface area contributed by atoms with Crippen LogP contribution >= 0.6 is 11.6 Å². The van der Waals surface area contributed by atoms with Gasteiger partial charge in [-0.15, -0.1) is 0 Å². The van der Waals surface area contributed by atoms with Gasteiger partial charge in [-0.25, -0.2) is 17.5 Å². The third-order valence-corrected chi connectivity index (χ3v) is 6.32. The fourth-order valence-corrected chi connectivity index (χ4v) is 5.18. The minimum absolute atomic E-state index is 0.0557. The van der Waals surface area contributed by atoms with E-state index < -0.39 is 15.8 Å². The lowest BCUT2D eigenvalue weighted by molar-refractivity contribution is 0.186. The number of benzene rings is 1. The summed E-state index contributed by atoms with van der Waals surface area (Å²) in [7, 11) is -3.72. The Bertz CT molecular complexity index is 638. The summed E-state index contributed by atoms with van der Waals surface area (Å²) in [6.07, 6.45) is 4.14. The summed E-state index contributed by atoms with van der Waals surface area (Å²) in [5, 5.41) is -0.0824. The van der Waals surface area contributed by atoms with Crippen LogP contribution in [0.4, 0.5) is 4.39 Å². The molecule has 2 saturated heterocycles. The van der Waals surface area contributed by atoms with Crippen LogP contribution in [-0.2, 0) is 10.0 Å². The molecule has 2 atom stereocenters. The summed E-state index contributed by atoms with van der Waals surface area (Å²) in [6.45, 7) is 1.97. The van der Waals surface area contributed by atoms with Crippen molar-refractivity contribution in [1.82, 2.24) is 9.62 Å². The normalized spacial score (nSPS) is 26.8. The van der Waals surface area contributed by atoms with Crippen LogP contribution in [0.5, 0.6) is 0 Å². The molecule has 2 fully saturated rings. The van der Waals surface area contributed by atoms with E-state index in [0.29, 0.717) is 0 Å². The summed E-state index contributed by atoms with van der Waals surface area (Å²) in [5.74, 6) is -0.543. The first kappa shape index (κ1) is 15.2. The van der Waals surface area contributed by atoms with E-state index in [2.05, 4.69) is 9.62 Å². The largest absolute Gasteiger partial charge is 0.299 e. The van der Waals surface area contributed by atoms with Crippen molar-refractivity contribution in [2.24, 2.45) is 0 Å². The number of rotatable bonds is 3. The van der Waals surface area contributed by atoms with Gasteiger partial charge < -0.3 is 0 Å². The molecule has 2 aliphatic heterocycles. The van der Waals surface area contributed by atoms with E-state index in [9.17, 15) is 12.8 Å². The maximum absolute atomic E-state index is 13.1. The van der Waals surface area contributed by atoms with E-state index in [0.717, 1.165) is 44.5 Å². The summed E-state index contributed by atoms with van der Waals surface area (Å²) >= 11 is 5.87. The number of hydrogen-bond acceptors (Lipinski definition) is 3. The second-order valence-corrected chi connectivity index (χ2v) is 7.78. The average molecular weight is 333 g/mol. The van der Waals surface area contributed by atoms with Crippen molar-refractivity contribution in [2.45, 2.75) is 42.7 Å². The van der Waals surface area contributed by atoms with E-state index in [4.69, 9.17) is 11.6 Å². The summed E-state index contributed by atoms with van der Waals surface area (Å²) in [4.78, 5) is 2.29. The standard InChI is InChI=1S/C14H18ClFN2O2S/c15-11-9-10(16)4-5-14(11)21(19,20)17-12-6-8-18-7-2-1-3-13(12)18/h4-5,9,12-13,17H,1-3,6-8H2/t12-,13-/m1/s1. The van der Waals surface area contributed by atoms with Crippen LogP contribution in [0.3, 0.4) is 0 Å². The Morgan fingerprint density at radius 1 is 1.24 bits per heavy atom. The van der Waals surface area contributed by atoms with Crippen LogP contribution in [0.15, 0.2) is 23.1 Å². The maximum Gasteiger partial charge on any atom is 0.242 e. The van der Waals surface area contributed by atoms with Gasteiger partial charge in [-0.2, -0.15) is 0 Å². The van der Waals surface area contributed by atoms with Gasteiger partial charge in [-0.05, 0) is 44.0 Å². The third-order valence-electron chi connectivity index (χ3n) is 4.35. The first-order chi connectivity index (χ1) is 9.97. The molecule has 116 valence electrons. The minimum Gasteiger partial charge on any atom is -0.299 e. The van der Waals surface area contributed by atoms with Crippen LogP contribution in [0.2, 0.25) is 5.02 Å². The number of nitrogens with zero attached hydrogens (tertiary/aromatic N) is 1. The lowest BCUT2D eigenvalue weighted by Crippen LogP contribution is -2.46. The summed E-state index contributed by atoms with van der Waals surface area (Å²) in [5.41, 5.74) is 0. The van der Waals surface area contributed by atoms with Crippen molar-refractivity contribution in [3.8, 4) is 0 Å². The van der Waals surface area contributed by atoms with Crippen molar-refractivity contribution >= 4 is 21.6 Å². The molecule has 0 unspecified atom stereocenters. The van der Waals surface area contributed by atoms with Crippen LogP contribution in [0.25, 0.3) is 0 Å². The molecule has 0 bridgehead atoms. The van der Waals surface area contributed by atoms with Gasteiger partial charge in [-0.1, -0.05) is 18.0 Å². The molecule has 0 saturated carbocycles. The van der Waals surface area contributed by atoms with Gasteiger partial charge in [0.05, 0.1) is 5.02 Å². The fraction of sp³-hybridized carbons (Fsp3) is 0.571. The molecule has 1 aromatic rings. The van der Waals surface area contributed by atoms with Crippen LogP contribution in [-0.4, -0.2) is 38.5 Å². The van der Waals surface area contributed by atoms with Gasteiger partial charge in [-0.3, -0.25) is 4.90 Å². The van der Waals surface area contributed by atoms with Crippen LogP contribution in [0.1, 0.15) is 25.7 Å². The van der Waals surface area contributed by atoms with Gasteiger partial charge >= 0.3 is 0 Å². The maximum atomic E-state index is 13.1. The van der Waals surface area contributed by atoms with Crippen LogP contribution in [0, 0.1) is 5.82 Å². The number of hydrogen-bond donors (Lipinski definition) is 1. The highest BCUT2D eigenvalue weighted by Crippen LogP contribution is 2.29. The first-order valence-electron chi connectivity index (χ1n) is 7.19. The monoisotopic (exact) mass is 332 g/mol. The minimum atomic E-state index is -3.72. The molecule has 1 N–H and O–H groups in total. The topological polar surface area (TPSA) is 49.4 Å². The molecule has 4 nitrogen and oxygen atoms in total. The Morgan fingerprint density at radius 3 is 2.81 bits per heavy atom. The first-order valence-corrected chi connectivity index (χ1v) is 9.05. The van der Waals surface area contributed by atoms with Crippen molar-refractivity contribution in [3.63, 3.8) is 0 Å². The molecule has 21 heavy (non-hydrogen) atoms. The average Bonchev–Trinajstić information content (AvgIpc) is 2.81. The molecule has 2 aliphatic rings. The predicted octanol–water partition coefficient (Wildman–Crippen LogP) is 2.38. The lowest BCUT2D eigenvalue weighted by atomic mass is 10.00. The second-order valence-electron chi connectivity index (χ2n) is 5.69. The SMILES string of the molecule is O=S(=O)(N[C@@H]1CCN2CCCC[C@H]12)c1ccc(F)cc1Cl. The van der Waals surface area contributed by atoms with Crippen molar-refractivity contribution in [2.75, 3.05) is 13.1 Å². The Morgan fingerprint density at radius 2 is 2.05 bits per heavy atom. The Hall–Kier alpha value is -0.690. The van der Waals surface area contributed by atoms with E-state index in [1.807, 2.05) is 0 Å². The van der Waals surface area contributed by atoms with Crippen LogP contribution < -0.4 is 4.72 Å². The Balaban J connectivity index is 1.80. The summed E-state index contributed by atoms with van der Waals surface area (Å²) < 4.78 is 40.7. The zero-order chi connectivity index (χ0) is 15.0. The van der Waals surface area contributed by atoms with Crippen molar-refractivity contribution < 1.29 is 12.8 Å². The number of nitrogens with one attached hydrogen (secondary N) is 1. The molecule has 3 rings (SSSR count). The summed E-state index contributed by atoms with van der Waals surface area (Å²) in [6, 6.07) is 3.54. The van der Waals surface area contributed by atoms with E-state index in [-0.39, 0.29) is 22.0 Å². The number of halogens is 2. The van der Waals surface area contributed by atoms with Crippen molar-refractivity contribution in [3.05, 3.63) is 29.0 Å². The molecule has 0 aliphatic carbocycles. The Labute approximate surface area is 129 Å². The van der Waals surface area contributed by atoms with Gasteiger partial charge in [0, 0.05) is 18.6 Å². The fourth-order valence-electron chi connectivity index (χ4n) is 3.34. The predicted molar refractivity (Wildman–Crippen MR) is 79.3 cm³/mol. The Kier molecular flexibility index (Phi) is 4.23. The van der Waals surface area contributed by atoms with E-state index in [1.165, 1.54) is 12.5 Å². The number of sulfonamides is 1. The lowest BCUT2D eigenvalue weighted by Gasteiger charge is -2.32. The van der Waals surface area contributed by atoms with Crippen molar-refractivity contribution in [1.29, 1.82) is 0 Å². The molecular weight excluding hydrogens is 315 g/mol. The molecule has 0 aromatic heterocycles. The van der Waals surface area contributed by atoms with E-state index >= 15 is 0 Å². The molecule has 0 spiro atoms. The quantitative estimate of drug-likeness (QED) is 0.924. The number of fused-ring (bicyclic) bond motifs is 1. The van der Waals surface area contributed by atoms with Gasteiger partial charge in [0.15, 0.2) is 0 Å². The van der Waals surface area contributed by atoms with Gasteiger partial charge in [0.25, 0.3) is 0 Å². The zero-order valence-electron chi connectivity index (χ0n) is 11.6. The highest BCUT2D eigenvalue weighted by atomic mass is 35.5.